The van der Waals surface area contributed by atoms with Gasteiger partial charge in [0.15, 0.2) is 17.1 Å². The third kappa shape index (κ3) is 4.69. The molecule has 0 saturated carbocycles. The van der Waals surface area contributed by atoms with Crippen LogP contribution in [0.15, 0.2) is 30.3 Å². The van der Waals surface area contributed by atoms with Gasteiger partial charge >= 0.3 is 5.97 Å². The van der Waals surface area contributed by atoms with Gasteiger partial charge in [0.2, 0.25) is 0 Å². The van der Waals surface area contributed by atoms with E-state index in [0.717, 1.165) is 11.3 Å². The molecule has 1 aromatic heterocycles. The number of benzene rings is 1. The molecule has 0 bridgehead atoms. The highest BCUT2D eigenvalue weighted by Crippen LogP contribution is 2.44. The van der Waals surface area contributed by atoms with E-state index in [-0.39, 0.29) is 12.4 Å². The number of esters is 1. The number of Topliss-reactive ketones (excluding diaryl/α,β-unsaturated/α-hetero) is 1. The molecule has 3 rings (SSSR count). The van der Waals surface area contributed by atoms with Crippen molar-refractivity contribution in [2.24, 2.45) is 5.92 Å². The fourth-order valence-corrected chi connectivity index (χ4v) is 4.56. The quantitative estimate of drug-likeness (QED) is 0.428. The first-order valence-corrected chi connectivity index (χ1v) is 10.7. The van der Waals surface area contributed by atoms with Crippen molar-refractivity contribution < 1.29 is 28.5 Å². The Kier molecular flexibility index (Phi) is 7.41. The van der Waals surface area contributed by atoms with Crippen LogP contribution in [0, 0.1) is 5.92 Å². The summed E-state index contributed by atoms with van der Waals surface area (Å²) in [4.78, 5) is 26.3. The molecule has 1 aromatic carbocycles. The number of ketones is 1. The van der Waals surface area contributed by atoms with Gasteiger partial charge in [-0.2, -0.15) is 0 Å². The van der Waals surface area contributed by atoms with Gasteiger partial charge in [-0.3, -0.25) is 4.79 Å². The fraction of sp³-hybridized carbons (Fsp3) is 0.455. The Bertz CT molecular complexity index is 838. The highest BCUT2D eigenvalue weighted by molar-refractivity contribution is 7.16. The SMILES string of the molecule is CCOC(=O)c1sc(Oc2ccccc2)c2c1CCC(C(OCC)OCC)C2=O. The number of thiophene rings is 1. The number of rotatable bonds is 9. The maximum Gasteiger partial charge on any atom is 0.348 e. The molecule has 0 radical (unpaired) electrons. The van der Waals surface area contributed by atoms with Crippen molar-refractivity contribution in [1.82, 2.24) is 0 Å². The minimum absolute atomic E-state index is 0.115. The molecular weight excluding hydrogens is 392 g/mol. The Morgan fingerprint density at radius 1 is 1.10 bits per heavy atom. The van der Waals surface area contributed by atoms with Crippen molar-refractivity contribution in [2.75, 3.05) is 19.8 Å². The summed E-state index contributed by atoms with van der Waals surface area (Å²) in [7, 11) is 0. The first-order valence-electron chi connectivity index (χ1n) is 9.93. The molecule has 0 amide bonds. The topological polar surface area (TPSA) is 71.1 Å². The molecule has 2 aromatic rings. The summed E-state index contributed by atoms with van der Waals surface area (Å²) in [5.74, 6) is -0.372. The van der Waals surface area contributed by atoms with Crippen molar-refractivity contribution in [3.05, 3.63) is 46.3 Å². The van der Waals surface area contributed by atoms with E-state index in [4.69, 9.17) is 18.9 Å². The van der Waals surface area contributed by atoms with Crippen LogP contribution in [-0.2, 0) is 20.6 Å². The number of para-hydroxylation sites is 1. The summed E-state index contributed by atoms with van der Waals surface area (Å²) in [6, 6.07) is 9.21. The van der Waals surface area contributed by atoms with Crippen LogP contribution in [0.5, 0.6) is 10.8 Å². The lowest BCUT2D eigenvalue weighted by Gasteiger charge is -2.29. The summed E-state index contributed by atoms with van der Waals surface area (Å²) < 4.78 is 22.6. The van der Waals surface area contributed by atoms with E-state index in [0.29, 0.717) is 52.9 Å². The van der Waals surface area contributed by atoms with Crippen LogP contribution in [-0.4, -0.2) is 37.9 Å². The number of ether oxygens (including phenoxy) is 4. The molecule has 6 nitrogen and oxygen atoms in total. The van der Waals surface area contributed by atoms with Gasteiger partial charge in [0, 0.05) is 13.2 Å². The van der Waals surface area contributed by atoms with Crippen LogP contribution in [0.3, 0.4) is 0 Å². The van der Waals surface area contributed by atoms with E-state index in [1.165, 1.54) is 0 Å². The average molecular weight is 419 g/mol. The maximum atomic E-state index is 13.4. The molecule has 0 fully saturated rings. The number of carbonyl (C=O) groups excluding carboxylic acids is 2. The lowest BCUT2D eigenvalue weighted by Crippen LogP contribution is -2.36. The van der Waals surface area contributed by atoms with E-state index in [2.05, 4.69) is 0 Å². The molecular formula is C22H26O6S. The van der Waals surface area contributed by atoms with Crippen molar-refractivity contribution >= 4 is 23.1 Å². The van der Waals surface area contributed by atoms with E-state index in [1.54, 1.807) is 6.92 Å². The number of hydrogen-bond acceptors (Lipinski definition) is 7. The smallest absolute Gasteiger partial charge is 0.348 e. The molecule has 1 atom stereocenters. The van der Waals surface area contributed by atoms with Gasteiger partial charge in [0.1, 0.15) is 10.6 Å². The fourth-order valence-electron chi connectivity index (χ4n) is 3.44. The molecule has 0 spiro atoms. The summed E-state index contributed by atoms with van der Waals surface area (Å²) in [5.41, 5.74) is 1.15. The second-order valence-electron chi connectivity index (χ2n) is 6.50. The first kappa shape index (κ1) is 21.5. The zero-order valence-electron chi connectivity index (χ0n) is 16.9. The number of hydrogen-bond donors (Lipinski definition) is 0. The minimum Gasteiger partial charge on any atom is -0.462 e. The monoisotopic (exact) mass is 418 g/mol. The molecule has 156 valence electrons. The second kappa shape index (κ2) is 10.0. The van der Waals surface area contributed by atoms with Gasteiger partial charge in [-0.25, -0.2) is 4.79 Å². The average Bonchev–Trinajstić information content (AvgIpc) is 3.08. The molecule has 1 unspecified atom stereocenters. The normalized spacial score (nSPS) is 16.0. The Balaban J connectivity index is 2.00. The highest BCUT2D eigenvalue weighted by atomic mass is 32.1. The van der Waals surface area contributed by atoms with Gasteiger partial charge in [0.05, 0.1) is 18.1 Å². The predicted molar refractivity (Wildman–Crippen MR) is 110 cm³/mol. The first-order chi connectivity index (χ1) is 14.1. The summed E-state index contributed by atoms with van der Waals surface area (Å²) >= 11 is 1.16. The van der Waals surface area contributed by atoms with E-state index in [1.807, 2.05) is 44.2 Å². The standard InChI is InChI=1S/C22H26O6S/c1-4-25-20(24)19-15-12-13-16(21(26-5-2)27-6-3)18(23)17(15)22(29-19)28-14-10-8-7-9-11-14/h7-11,16,21H,4-6,12-13H2,1-3H3. The third-order valence-corrected chi connectivity index (χ3v) is 5.76. The van der Waals surface area contributed by atoms with Crippen LogP contribution < -0.4 is 4.74 Å². The molecule has 1 aliphatic rings. The Labute approximate surface area is 174 Å². The van der Waals surface area contributed by atoms with Crippen molar-refractivity contribution in [2.45, 2.75) is 39.9 Å². The molecule has 1 aliphatic carbocycles. The lowest BCUT2D eigenvalue weighted by molar-refractivity contribution is -0.158. The molecule has 7 heteroatoms. The minimum atomic E-state index is -0.610. The predicted octanol–water partition coefficient (Wildman–Crippen LogP) is 4.86. The van der Waals surface area contributed by atoms with Crippen LogP contribution in [0.4, 0.5) is 0 Å². The zero-order chi connectivity index (χ0) is 20.8. The molecule has 0 aliphatic heterocycles. The lowest BCUT2D eigenvalue weighted by atomic mass is 9.83. The van der Waals surface area contributed by atoms with Gasteiger partial charge in [-0.05, 0) is 51.3 Å². The molecule has 29 heavy (non-hydrogen) atoms. The number of fused-ring (bicyclic) bond motifs is 1. The Hall–Kier alpha value is -2.22. The number of carbonyl (C=O) groups is 2. The zero-order valence-corrected chi connectivity index (χ0v) is 17.8. The largest absolute Gasteiger partial charge is 0.462 e. The van der Waals surface area contributed by atoms with E-state index < -0.39 is 18.2 Å². The summed E-state index contributed by atoms with van der Waals surface area (Å²) in [6.07, 6.45) is 0.497. The third-order valence-electron chi connectivity index (χ3n) is 4.67. The van der Waals surface area contributed by atoms with Crippen molar-refractivity contribution in [1.29, 1.82) is 0 Å². The summed E-state index contributed by atoms with van der Waals surface area (Å²) in [5, 5.41) is 0.413. The van der Waals surface area contributed by atoms with Gasteiger partial charge in [-0.1, -0.05) is 29.5 Å². The maximum absolute atomic E-state index is 13.4. The van der Waals surface area contributed by atoms with Gasteiger partial charge in [0.25, 0.3) is 0 Å². The van der Waals surface area contributed by atoms with Crippen molar-refractivity contribution in [3.8, 4) is 10.8 Å². The molecule has 1 heterocycles. The van der Waals surface area contributed by atoms with Crippen molar-refractivity contribution in [3.63, 3.8) is 0 Å². The van der Waals surface area contributed by atoms with E-state index in [9.17, 15) is 9.59 Å². The molecule has 0 saturated heterocycles. The highest BCUT2D eigenvalue weighted by Gasteiger charge is 2.40. The Morgan fingerprint density at radius 3 is 2.41 bits per heavy atom. The van der Waals surface area contributed by atoms with Crippen LogP contribution in [0.25, 0.3) is 0 Å². The van der Waals surface area contributed by atoms with Gasteiger partial charge < -0.3 is 18.9 Å². The van der Waals surface area contributed by atoms with Gasteiger partial charge in [-0.15, -0.1) is 0 Å². The van der Waals surface area contributed by atoms with Crippen LogP contribution >= 0.6 is 11.3 Å². The Morgan fingerprint density at radius 2 is 1.79 bits per heavy atom. The second-order valence-corrected chi connectivity index (χ2v) is 7.48. The molecule has 0 N–H and O–H groups in total. The van der Waals surface area contributed by atoms with Crippen LogP contribution in [0.1, 0.15) is 52.8 Å². The van der Waals surface area contributed by atoms with Crippen LogP contribution in [0.2, 0.25) is 0 Å². The van der Waals surface area contributed by atoms with E-state index >= 15 is 0 Å². The summed E-state index contributed by atoms with van der Waals surface area (Å²) in [6.45, 7) is 6.68.